The smallest absolute Gasteiger partial charge is 0.129 e. The Morgan fingerprint density at radius 2 is 2.20 bits per heavy atom. The number of aromatic nitrogens is 2. The lowest BCUT2D eigenvalue weighted by Crippen LogP contribution is -2.16. The van der Waals surface area contributed by atoms with Crippen LogP contribution in [0.2, 0.25) is 0 Å². The molecule has 0 bridgehead atoms. The van der Waals surface area contributed by atoms with Crippen molar-refractivity contribution >= 4 is 5.82 Å². The first-order valence-electron chi connectivity index (χ1n) is 5.77. The van der Waals surface area contributed by atoms with Crippen molar-refractivity contribution in [1.82, 2.24) is 9.97 Å². The van der Waals surface area contributed by atoms with Crippen LogP contribution in [0.25, 0.3) is 0 Å². The third-order valence-electron chi connectivity index (χ3n) is 3.19. The lowest BCUT2D eigenvalue weighted by Gasteiger charge is -2.15. The summed E-state index contributed by atoms with van der Waals surface area (Å²) in [5, 5.41) is 3.42. The first-order valence-corrected chi connectivity index (χ1v) is 5.77. The van der Waals surface area contributed by atoms with Crippen LogP contribution >= 0.6 is 0 Å². The maximum atomic E-state index is 4.21. The summed E-state index contributed by atoms with van der Waals surface area (Å²) < 4.78 is 0. The molecule has 1 heterocycles. The Kier molecular flexibility index (Phi) is 2.89. The van der Waals surface area contributed by atoms with Crippen LogP contribution in [0.15, 0.2) is 12.4 Å². The van der Waals surface area contributed by atoms with Gasteiger partial charge >= 0.3 is 0 Å². The highest BCUT2D eigenvalue weighted by atomic mass is 15.0. The van der Waals surface area contributed by atoms with Crippen LogP contribution in [0.1, 0.15) is 38.3 Å². The number of nitrogens with zero attached hydrogens (tertiary/aromatic N) is 2. The molecule has 1 aromatic rings. The molecule has 1 fully saturated rings. The molecule has 3 nitrogen and oxygen atoms in total. The molecule has 0 amide bonds. The highest BCUT2D eigenvalue weighted by molar-refractivity contribution is 5.35. The molecule has 0 aliphatic heterocycles. The number of hydrogen-bond donors (Lipinski definition) is 1. The Morgan fingerprint density at radius 3 is 2.80 bits per heavy atom. The van der Waals surface area contributed by atoms with Crippen molar-refractivity contribution in [2.24, 2.45) is 5.41 Å². The predicted octanol–water partition coefficient (Wildman–Crippen LogP) is 2.78. The SMILES string of the molecule is CCCC1(CNc2cc(C)ncn2)CC1. The number of nitrogens with one attached hydrogen (secondary N) is 1. The fourth-order valence-electron chi connectivity index (χ4n) is 2.05. The molecule has 0 radical (unpaired) electrons. The maximum Gasteiger partial charge on any atom is 0.129 e. The molecular weight excluding hydrogens is 186 g/mol. The molecular formula is C12H19N3. The third kappa shape index (κ3) is 2.67. The van der Waals surface area contributed by atoms with Gasteiger partial charge in [0, 0.05) is 18.3 Å². The van der Waals surface area contributed by atoms with Gasteiger partial charge in [0.25, 0.3) is 0 Å². The zero-order valence-electron chi connectivity index (χ0n) is 9.58. The van der Waals surface area contributed by atoms with Gasteiger partial charge in [0.2, 0.25) is 0 Å². The van der Waals surface area contributed by atoms with Crippen molar-refractivity contribution in [3.8, 4) is 0 Å². The zero-order valence-corrected chi connectivity index (χ0v) is 9.58. The first kappa shape index (κ1) is 10.4. The van der Waals surface area contributed by atoms with Gasteiger partial charge in [-0.05, 0) is 31.6 Å². The number of anilines is 1. The molecule has 0 unspecified atom stereocenters. The van der Waals surface area contributed by atoms with Crippen LogP contribution in [-0.4, -0.2) is 16.5 Å². The van der Waals surface area contributed by atoms with E-state index in [1.807, 2.05) is 13.0 Å². The van der Waals surface area contributed by atoms with E-state index >= 15 is 0 Å². The lowest BCUT2D eigenvalue weighted by molar-refractivity contribution is 0.485. The van der Waals surface area contributed by atoms with Crippen LogP contribution in [0, 0.1) is 12.3 Å². The highest BCUT2D eigenvalue weighted by Gasteiger charge is 2.41. The molecule has 0 atom stereocenters. The first-order chi connectivity index (χ1) is 7.24. The Labute approximate surface area is 91.3 Å². The van der Waals surface area contributed by atoms with Crippen molar-refractivity contribution in [2.45, 2.75) is 39.5 Å². The van der Waals surface area contributed by atoms with Crippen molar-refractivity contribution < 1.29 is 0 Å². The largest absolute Gasteiger partial charge is 0.369 e. The molecule has 1 aliphatic rings. The standard InChI is InChI=1S/C12H19N3/c1-3-4-12(5-6-12)8-13-11-7-10(2)14-9-15-11/h7,9H,3-6,8H2,1-2H3,(H,13,14,15). The van der Waals surface area contributed by atoms with Crippen molar-refractivity contribution in [3.05, 3.63) is 18.1 Å². The van der Waals surface area contributed by atoms with Crippen molar-refractivity contribution in [2.75, 3.05) is 11.9 Å². The molecule has 0 aromatic carbocycles. The lowest BCUT2D eigenvalue weighted by atomic mass is 10.0. The third-order valence-corrected chi connectivity index (χ3v) is 3.19. The van der Waals surface area contributed by atoms with E-state index in [2.05, 4.69) is 22.2 Å². The van der Waals surface area contributed by atoms with E-state index < -0.39 is 0 Å². The minimum atomic E-state index is 0.577. The number of hydrogen-bond acceptors (Lipinski definition) is 3. The molecule has 1 saturated carbocycles. The molecule has 1 N–H and O–H groups in total. The summed E-state index contributed by atoms with van der Waals surface area (Å²) in [6.07, 6.45) is 6.99. The van der Waals surface area contributed by atoms with Gasteiger partial charge in [0.1, 0.15) is 12.1 Å². The Hall–Kier alpha value is -1.12. The fraction of sp³-hybridized carbons (Fsp3) is 0.667. The van der Waals surface area contributed by atoms with Gasteiger partial charge < -0.3 is 5.32 Å². The van der Waals surface area contributed by atoms with Crippen LogP contribution in [-0.2, 0) is 0 Å². The highest BCUT2D eigenvalue weighted by Crippen LogP contribution is 2.49. The van der Waals surface area contributed by atoms with E-state index in [-0.39, 0.29) is 0 Å². The minimum absolute atomic E-state index is 0.577. The average molecular weight is 205 g/mol. The normalized spacial score (nSPS) is 17.5. The summed E-state index contributed by atoms with van der Waals surface area (Å²) in [6.45, 7) is 5.32. The summed E-state index contributed by atoms with van der Waals surface area (Å²) >= 11 is 0. The van der Waals surface area contributed by atoms with Crippen molar-refractivity contribution in [3.63, 3.8) is 0 Å². The summed E-state index contributed by atoms with van der Waals surface area (Å²) in [7, 11) is 0. The Bertz CT molecular complexity index is 331. The van der Waals surface area contributed by atoms with Crippen LogP contribution in [0.5, 0.6) is 0 Å². The van der Waals surface area contributed by atoms with Gasteiger partial charge in [0.15, 0.2) is 0 Å². The molecule has 0 saturated heterocycles. The molecule has 0 spiro atoms. The quantitative estimate of drug-likeness (QED) is 0.803. The van der Waals surface area contributed by atoms with Crippen molar-refractivity contribution in [1.29, 1.82) is 0 Å². The molecule has 3 heteroatoms. The van der Waals surface area contributed by atoms with Gasteiger partial charge in [-0.1, -0.05) is 13.3 Å². The fourth-order valence-corrected chi connectivity index (χ4v) is 2.05. The second-order valence-electron chi connectivity index (χ2n) is 4.65. The van der Waals surface area contributed by atoms with E-state index in [1.165, 1.54) is 25.7 Å². The maximum absolute atomic E-state index is 4.21. The topological polar surface area (TPSA) is 37.8 Å². The summed E-state index contributed by atoms with van der Waals surface area (Å²) in [5.41, 5.74) is 1.60. The second kappa shape index (κ2) is 4.17. The summed E-state index contributed by atoms with van der Waals surface area (Å²) in [6, 6.07) is 2.00. The van der Waals surface area contributed by atoms with Crippen LogP contribution in [0.3, 0.4) is 0 Å². The van der Waals surface area contributed by atoms with Gasteiger partial charge in [-0.25, -0.2) is 9.97 Å². The monoisotopic (exact) mass is 205 g/mol. The van der Waals surface area contributed by atoms with E-state index in [4.69, 9.17) is 0 Å². The molecule has 2 rings (SSSR count). The van der Waals surface area contributed by atoms with Gasteiger partial charge in [0.05, 0.1) is 0 Å². The number of rotatable bonds is 5. The van der Waals surface area contributed by atoms with Crippen LogP contribution in [0.4, 0.5) is 5.82 Å². The van der Waals surface area contributed by atoms with E-state index in [1.54, 1.807) is 6.33 Å². The molecule has 82 valence electrons. The van der Waals surface area contributed by atoms with Gasteiger partial charge in [-0.2, -0.15) is 0 Å². The molecule has 1 aliphatic carbocycles. The Morgan fingerprint density at radius 1 is 1.40 bits per heavy atom. The van der Waals surface area contributed by atoms with E-state index in [9.17, 15) is 0 Å². The Balaban J connectivity index is 1.88. The molecule has 15 heavy (non-hydrogen) atoms. The van der Waals surface area contributed by atoms with Gasteiger partial charge in [-0.3, -0.25) is 0 Å². The molecule has 1 aromatic heterocycles. The summed E-state index contributed by atoms with van der Waals surface area (Å²) in [4.78, 5) is 8.29. The number of aryl methyl sites for hydroxylation is 1. The van der Waals surface area contributed by atoms with Gasteiger partial charge in [-0.15, -0.1) is 0 Å². The zero-order chi connectivity index (χ0) is 10.7. The van der Waals surface area contributed by atoms with Crippen LogP contribution < -0.4 is 5.32 Å². The van der Waals surface area contributed by atoms with E-state index in [0.717, 1.165) is 18.1 Å². The summed E-state index contributed by atoms with van der Waals surface area (Å²) in [5.74, 6) is 0.963. The average Bonchev–Trinajstić information content (AvgIpc) is 2.97. The second-order valence-corrected chi connectivity index (χ2v) is 4.65. The van der Waals surface area contributed by atoms with E-state index in [0.29, 0.717) is 5.41 Å². The predicted molar refractivity (Wildman–Crippen MR) is 61.8 cm³/mol. The minimum Gasteiger partial charge on any atom is -0.369 e.